The molecule has 5 rings (SSSR count). The summed E-state index contributed by atoms with van der Waals surface area (Å²) in [6, 6.07) is 12.3. The Morgan fingerprint density at radius 3 is 2.85 bits per heavy atom. The Kier molecular flexibility index (Phi) is 3.64. The molecule has 1 atom stereocenters. The molecule has 5 heteroatoms. The lowest BCUT2D eigenvalue weighted by molar-refractivity contribution is 0.284. The minimum atomic E-state index is 0.212. The van der Waals surface area contributed by atoms with Crippen LogP contribution >= 0.6 is 0 Å². The second kappa shape index (κ2) is 6.02. The summed E-state index contributed by atoms with van der Waals surface area (Å²) in [6.07, 6.45) is 6.32. The number of piperazine rings is 1. The van der Waals surface area contributed by atoms with Gasteiger partial charge in [0, 0.05) is 43.0 Å². The minimum absolute atomic E-state index is 0.212. The van der Waals surface area contributed by atoms with E-state index in [2.05, 4.69) is 40.3 Å². The summed E-state index contributed by atoms with van der Waals surface area (Å²) >= 11 is 0. The number of nitrogens with one attached hydrogen (secondary N) is 1. The first kappa shape index (κ1) is 15.7. The quantitative estimate of drug-likeness (QED) is 0.789. The zero-order valence-electron chi connectivity index (χ0n) is 15.0. The number of hydrogen-bond donors (Lipinski definition) is 1. The van der Waals surface area contributed by atoms with Crippen molar-refractivity contribution in [1.29, 1.82) is 0 Å². The summed E-state index contributed by atoms with van der Waals surface area (Å²) in [6.45, 7) is 5.39. The maximum Gasteiger partial charge on any atom is 0.129 e. The molecule has 2 aliphatic rings. The van der Waals surface area contributed by atoms with Gasteiger partial charge in [-0.25, -0.2) is 9.97 Å². The molecule has 0 aromatic carbocycles. The van der Waals surface area contributed by atoms with Gasteiger partial charge in [-0.2, -0.15) is 0 Å². The van der Waals surface area contributed by atoms with Crippen LogP contribution in [-0.2, 0) is 0 Å². The van der Waals surface area contributed by atoms with Gasteiger partial charge in [-0.05, 0) is 56.0 Å². The number of hydrogen-bond acceptors (Lipinski definition) is 5. The molecule has 2 fully saturated rings. The number of rotatable bonds is 3. The molecule has 1 aliphatic heterocycles. The van der Waals surface area contributed by atoms with Gasteiger partial charge in [0.2, 0.25) is 0 Å². The molecule has 0 radical (unpaired) electrons. The van der Waals surface area contributed by atoms with Gasteiger partial charge in [-0.1, -0.05) is 6.07 Å². The molecule has 26 heavy (non-hydrogen) atoms. The van der Waals surface area contributed by atoms with Crippen molar-refractivity contribution < 1.29 is 0 Å². The van der Waals surface area contributed by atoms with Crippen LogP contribution in [-0.4, -0.2) is 40.1 Å². The summed E-state index contributed by atoms with van der Waals surface area (Å²) in [5.41, 5.74) is 3.00. The number of nitrogens with zero attached hydrogens (tertiary/aromatic N) is 4. The highest BCUT2D eigenvalue weighted by Crippen LogP contribution is 2.41. The lowest BCUT2D eigenvalue weighted by Crippen LogP contribution is -2.60. The molecule has 0 bridgehead atoms. The van der Waals surface area contributed by atoms with Crippen molar-refractivity contribution in [3.63, 3.8) is 0 Å². The molecule has 3 aromatic heterocycles. The van der Waals surface area contributed by atoms with Crippen LogP contribution in [0.1, 0.15) is 19.8 Å². The molecule has 1 N–H and O–H groups in total. The van der Waals surface area contributed by atoms with Crippen LogP contribution in [0.25, 0.3) is 22.3 Å². The highest BCUT2D eigenvalue weighted by Gasteiger charge is 2.44. The monoisotopic (exact) mass is 345 g/mol. The third kappa shape index (κ3) is 2.82. The summed E-state index contributed by atoms with van der Waals surface area (Å²) in [5.74, 6) is 1.86. The van der Waals surface area contributed by atoms with E-state index in [9.17, 15) is 0 Å². The third-order valence-electron chi connectivity index (χ3n) is 5.72. The van der Waals surface area contributed by atoms with Crippen molar-refractivity contribution in [3.05, 3.63) is 48.8 Å². The Morgan fingerprint density at radius 1 is 1.08 bits per heavy atom. The van der Waals surface area contributed by atoms with Gasteiger partial charge >= 0.3 is 0 Å². The fourth-order valence-electron chi connectivity index (χ4n) is 4.05. The summed E-state index contributed by atoms with van der Waals surface area (Å²) in [4.78, 5) is 16.3. The van der Waals surface area contributed by atoms with E-state index in [1.54, 1.807) is 6.20 Å². The molecular formula is C21H23N5. The molecule has 132 valence electrons. The molecule has 4 heterocycles. The standard InChI is InChI=1S/C21H23N5/c1-21(16-6-7-16)14-26(12-11-23-21)20-4-2-3-18(25-20)19-8-5-15-13-22-10-9-17(15)24-19/h2-5,8-10,13,16,23H,6-7,11-12,14H2,1H3. The zero-order chi connectivity index (χ0) is 17.6. The van der Waals surface area contributed by atoms with Crippen LogP contribution < -0.4 is 10.2 Å². The molecule has 1 saturated heterocycles. The van der Waals surface area contributed by atoms with Crippen LogP contribution in [0.2, 0.25) is 0 Å². The normalized spacial score (nSPS) is 23.3. The second-order valence-electron chi connectivity index (χ2n) is 7.69. The van der Waals surface area contributed by atoms with Crippen LogP contribution in [0, 0.1) is 5.92 Å². The van der Waals surface area contributed by atoms with Crippen molar-refractivity contribution in [2.45, 2.75) is 25.3 Å². The molecule has 5 nitrogen and oxygen atoms in total. The first-order valence-corrected chi connectivity index (χ1v) is 9.39. The third-order valence-corrected chi connectivity index (χ3v) is 5.72. The van der Waals surface area contributed by atoms with Gasteiger partial charge in [0.15, 0.2) is 0 Å². The van der Waals surface area contributed by atoms with Gasteiger partial charge in [-0.15, -0.1) is 0 Å². The average molecular weight is 345 g/mol. The maximum atomic E-state index is 4.94. The summed E-state index contributed by atoms with van der Waals surface area (Å²) in [5, 5.41) is 4.79. The zero-order valence-corrected chi connectivity index (χ0v) is 15.0. The number of fused-ring (bicyclic) bond motifs is 1. The van der Waals surface area contributed by atoms with Crippen molar-refractivity contribution in [2.24, 2.45) is 5.92 Å². The second-order valence-corrected chi connectivity index (χ2v) is 7.69. The fourth-order valence-corrected chi connectivity index (χ4v) is 4.05. The van der Waals surface area contributed by atoms with Gasteiger partial charge in [-0.3, -0.25) is 4.98 Å². The summed E-state index contributed by atoms with van der Waals surface area (Å²) < 4.78 is 0. The predicted octanol–water partition coefficient (Wildman–Crippen LogP) is 3.27. The number of aromatic nitrogens is 3. The Bertz CT molecular complexity index is 952. The Morgan fingerprint density at radius 2 is 1.96 bits per heavy atom. The van der Waals surface area contributed by atoms with E-state index in [1.165, 1.54) is 12.8 Å². The van der Waals surface area contributed by atoms with Crippen molar-refractivity contribution in [1.82, 2.24) is 20.3 Å². The van der Waals surface area contributed by atoms with E-state index in [0.29, 0.717) is 0 Å². The van der Waals surface area contributed by atoms with Gasteiger partial charge in [0.1, 0.15) is 5.82 Å². The molecule has 0 amide bonds. The molecule has 1 aliphatic carbocycles. The lowest BCUT2D eigenvalue weighted by atomic mass is 9.93. The van der Waals surface area contributed by atoms with Crippen LogP contribution in [0.4, 0.5) is 5.82 Å². The smallest absolute Gasteiger partial charge is 0.129 e. The Hall–Kier alpha value is -2.53. The Balaban J connectivity index is 1.46. The molecule has 3 aromatic rings. The SMILES string of the molecule is CC1(C2CC2)CN(c2cccc(-c3ccc4cnccc4n3)n2)CCN1. The number of pyridine rings is 3. The van der Waals surface area contributed by atoms with Crippen LogP contribution in [0.3, 0.4) is 0 Å². The van der Waals surface area contributed by atoms with Crippen molar-refractivity contribution >= 4 is 16.7 Å². The van der Waals surface area contributed by atoms with Gasteiger partial charge in [0.25, 0.3) is 0 Å². The first-order valence-electron chi connectivity index (χ1n) is 9.39. The highest BCUT2D eigenvalue weighted by molar-refractivity contribution is 5.80. The fraction of sp³-hybridized carbons (Fsp3) is 0.381. The van der Waals surface area contributed by atoms with E-state index < -0.39 is 0 Å². The van der Waals surface area contributed by atoms with Crippen molar-refractivity contribution in [2.75, 3.05) is 24.5 Å². The lowest BCUT2D eigenvalue weighted by Gasteiger charge is -2.42. The molecule has 1 saturated carbocycles. The van der Waals surface area contributed by atoms with E-state index in [0.717, 1.165) is 53.7 Å². The average Bonchev–Trinajstić information content (AvgIpc) is 3.54. The molecule has 0 spiro atoms. The van der Waals surface area contributed by atoms with E-state index in [1.807, 2.05) is 24.4 Å². The van der Waals surface area contributed by atoms with Crippen LogP contribution in [0.5, 0.6) is 0 Å². The van der Waals surface area contributed by atoms with Crippen LogP contribution in [0.15, 0.2) is 48.8 Å². The van der Waals surface area contributed by atoms with Gasteiger partial charge < -0.3 is 10.2 Å². The number of anilines is 1. The predicted molar refractivity (Wildman–Crippen MR) is 104 cm³/mol. The van der Waals surface area contributed by atoms with Gasteiger partial charge in [0.05, 0.1) is 16.9 Å². The highest BCUT2D eigenvalue weighted by atomic mass is 15.3. The van der Waals surface area contributed by atoms with Crippen molar-refractivity contribution in [3.8, 4) is 11.4 Å². The topological polar surface area (TPSA) is 53.9 Å². The Labute approximate surface area is 153 Å². The van der Waals surface area contributed by atoms with E-state index >= 15 is 0 Å². The first-order chi connectivity index (χ1) is 12.7. The summed E-state index contributed by atoms with van der Waals surface area (Å²) in [7, 11) is 0. The largest absolute Gasteiger partial charge is 0.353 e. The minimum Gasteiger partial charge on any atom is -0.353 e. The van der Waals surface area contributed by atoms with E-state index in [-0.39, 0.29) is 5.54 Å². The maximum absolute atomic E-state index is 4.94. The molecular weight excluding hydrogens is 322 g/mol. The molecule has 1 unspecified atom stereocenters. The van der Waals surface area contributed by atoms with E-state index in [4.69, 9.17) is 9.97 Å².